The van der Waals surface area contributed by atoms with E-state index in [0.29, 0.717) is 32.0 Å². The Balaban J connectivity index is 1.67. The summed E-state index contributed by atoms with van der Waals surface area (Å²) in [7, 11) is 1.47. The third kappa shape index (κ3) is 3.43. The SMILES string of the molecule is CN1C(=O)CC(N2CCN(c3ncc(C(F)(F)F)cc3Cl)CC2)C1=O. The fourth-order valence-electron chi connectivity index (χ4n) is 3.09. The summed E-state index contributed by atoms with van der Waals surface area (Å²) in [5.74, 6) is -0.130. The number of imide groups is 1. The summed E-state index contributed by atoms with van der Waals surface area (Å²) in [6, 6.07) is 0.403. The van der Waals surface area contributed by atoms with Gasteiger partial charge in [-0.2, -0.15) is 13.2 Å². The molecule has 0 bridgehead atoms. The molecule has 2 fully saturated rings. The zero-order valence-electron chi connectivity index (χ0n) is 13.4. The number of carbonyl (C=O) groups is 2. The number of amides is 2. The van der Waals surface area contributed by atoms with E-state index >= 15 is 0 Å². The van der Waals surface area contributed by atoms with Gasteiger partial charge >= 0.3 is 6.18 Å². The highest BCUT2D eigenvalue weighted by Gasteiger charge is 2.41. The van der Waals surface area contributed by atoms with Crippen LogP contribution >= 0.6 is 11.6 Å². The second kappa shape index (κ2) is 6.45. The summed E-state index contributed by atoms with van der Waals surface area (Å²) >= 11 is 5.97. The van der Waals surface area contributed by atoms with Crippen LogP contribution in [0, 0.1) is 0 Å². The molecule has 0 aliphatic carbocycles. The molecule has 0 aromatic carbocycles. The van der Waals surface area contributed by atoms with Crippen LogP contribution in [0.5, 0.6) is 0 Å². The number of hydrogen-bond donors (Lipinski definition) is 0. The number of likely N-dealkylation sites (N-methyl/N-ethyl adjacent to an activating group) is 1. The highest BCUT2D eigenvalue weighted by Crippen LogP contribution is 2.34. The van der Waals surface area contributed by atoms with Crippen LogP contribution < -0.4 is 4.90 Å². The lowest BCUT2D eigenvalue weighted by atomic mass is 10.1. The van der Waals surface area contributed by atoms with E-state index in [-0.39, 0.29) is 23.3 Å². The van der Waals surface area contributed by atoms with E-state index in [1.165, 1.54) is 7.05 Å². The molecular weight excluding hydrogens is 361 g/mol. The molecule has 1 unspecified atom stereocenters. The second-order valence-corrected chi connectivity index (χ2v) is 6.47. The first kappa shape index (κ1) is 17.9. The standard InChI is InChI=1S/C15H16ClF3N4O2/c1-21-12(24)7-11(14(21)25)22-2-4-23(5-3-22)13-10(16)6-9(8-20-13)15(17,18)19/h6,8,11H,2-5,7H2,1H3. The molecule has 0 N–H and O–H groups in total. The zero-order valence-corrected chi connectivity index (χ0v) is 14.1. The van der Waals surface area contributed by atoms with Crippen molar-refractivity contribution in [3.05, 3.63) is 22.8 Å². The number of likely N-dealkylation sites (tertiary alicyclic amines) is 1. The molecule has 10 heteroatoms. The molecule has 2 saturated heterocycles. The third-order valence-electron chi connectivity index (χ3n) is 4.56. The fourth-order valence-corrected chi connectivity index (χ4v) is 3.37. The van der Waals surface area contributed by atoms with Crippen LogP contribution in [-0.2, 0) is 15.8 Å². The Bertz CT molecular complexity index is 705. The average Bonchev–Trinajstić information content (AvgIpc) is 2.82. The van der Waals surface area contributed by atoms with Gasteiger partial charge in [0.15, 0.2) is 0 Å². The molecular formula is C15H16ClF3N4O2. The van der Waals surface area contributed by atoms with Crippen molar-refractivity contribution in [2.75, 3.05) is 38.1 Å². The molecule has 25 heavy (non-hydrogen) atoms. The van der Waals surface area contributed by atoms with Crippen LogP contribution in [0.2, 0.25) is 5.02 Å². The molecule has 1 aromatic rings. The molecule has 0 saturated carbocycles. The lowest BCUT2D eigenvalue weighted by Gasteiger charge is -2.37. The molecule has 6 nitrogen and oxygen atoms in total. The van der Waals surface area contributed by atoms with Crippen molar-refractivity contribution >= 4 is 29.2 Å². The van der Waals surface area contributed by atoms with Gasteiger partial charge < -0.3 is 4.90 Å². The summed E-state index contributed by atoms with van der Waals surface area (Å²) in [5.41, 5.74) is -0.891. The van der Waals surface area contributed by atoms with Crippen molar-refractivity contribution in [3.63, 3.8) is 0 Å². The molecule has 0 radical (unpaired) electrons. The number of piperazine rings is 1. The summed E-state index contributed by atoms with van der Waals surface area (Å²) in [6.45, 7) is 1.91. The molecule has 136 valence electrons. The molecule has 3 heterocycles. The Hall–Kier alpha value is -1.87. The molecule has 3 rings (SSSR count). The van der Waals surface area contributed by atoms with E-state index < -0.39 is 17.8 Å². The zero-order chi connectivity index (χ0) is 18.4. The topological polar surface area (TPSA) is 56.8 Å². The summed E-state index contributed by atoms with van der Waals surface area (Å²) in [4.78, 5) is 32.4. The number of rotatable bonds is 2. The minimum absolute atomic E-state index is 0.0601. The van der Waals surface area contributed by atoms with Gasteiger partial charge in [-0.25, -0.2) is 4.98 Å². The monoisotopic (exact) mass is 376 g/mol. The van der Waals surface area contributed by atoms with Crippen LogP contribution in [0.4, 0.5) is 19.0 Å². The van der Waals surface area contributed by atoms with E-state index in [2.05, 4.69) is 4.98 Å². The van der Waals surface area contributed by atoms with Gasteiger partial charge in [-0.15, -0.1) is 0 Å². The van der Waals surface area contributed by atoms with Crippen LogP contribution in [0.15, 0.2) is 12.3 Å². The normalized spacial score (nSPS) is 22.8. The van der Waals surface area contributed by atoms with E-state index in [4.69, 9.17) is 11.6 Å². The smallest absolute Gasteiger partial charge is 0.353 e. The maximum absolute atomic E-state index is 12.7. The molecule has 1 aromatic heterocycles. The van der Waals surface area contributed by atoms with Gasteiger partial charge in [0.05, 0.1) is 23.0 Å². The third-order valence-corrected chi connectivity index (χ3v) is 4.84. The van der Waals surface area contributed by atoms with Gasteiger partial charge in [0.2, 0.25) is 11.8 Å². The van der Waals surface area contributed by atoms with Gasteiger partial charge in [-0.3, -0.25) is 19.4 Å². The van der Waals surface area contributed by atoms with Crippen molar-refractivity contribution in [2.45, 2.75) is 18.6 Å². The van der Waals surface area contributed by atoms with E-state index in [1.807, 2.05) is 4.90 Å². The van der Waals surface area contributed by atoms with Crippen molar-refractivity contribution in [1.82, 2.24) is 14.8 Å². The maximum atomic E-state index is 12.7. The van der Waals surface area contributed by atoms with Crippen LogP contribution in [0.25, 0.3) is 0 Å². The molecule has 2 aliphatic heterocycles. The van der Waals surface area contributed by atoms with Crippen molar-refractivity contribution in [1.29, 1.82) is 0 Å². The van der Waals surface area contributed by atoms with Crippen LogP contribution in [0.1, 0.15) is 12.0 Å². The number of aromatic nitrogens is 1. The summed E-state index contributed by atoms with van der Waals surface area (Å²) < 4.78 is 38.1. The molecule has 0 spiro atoms. The predicted octanol–water partition coefficient (Wildman–Crippen LogP) is 1.63. The first-order valence-electron chi connectivity index (χ1n) is 7.70. The van der Waals surface area contributed by atoms with Gasteiger partial charge in [0.25, 0.3) is 0 Å². The van der Waals surface area contributed by atoms with Gasteiger partial charge in [-0.1, -0.05) is 11.6 Å². The minimum Gasteiger partial charge on any atom is -0.353 e. The van der Waals surface area contributed by atoms with E-state index in [9.17, 15) is 22.8 Å². The van der Waals surface area contributed by atoms with Crippen molar-refractivity contribution < 1.29 is 22.8 Å². The quantitative estimate of drug-likeness (QED) is 0.734. The highest BCUT2D eigenvalue weighted by molar-refractivity contribution is 6.33. The van der Waals surface area contributed by atoms with Crippen LogP contribution in [0.3, 0.4) is 0 Å². The lowest BCUT2D eigenvalue weighted by Crippen LogP contribution is -2.52. The molecule has 2 amide bonds. The Morgan fingerprint density at radius 3 is 2.32 bits per heavy atom. The van der Waals surface area contributed by atoms with Crippen molar-refractivity contribution in [2.24, 2.45) is 0 Å². The number of anilines is 1. The second-order valence-electron chi connectivity index (χ2n) is 6.06. The number of alkyl halides is 3. The number of hydrogen-bond acceptors (Lipinski definition) is 5. The largest absolute Gasteiger partial charge is 0.417 e. The lowest BCUT2D eigenvalue weighted by molar-refractivity contribution is -0.139. The number of carbonyl (C=O) groups excluding carboxylic acids is 2. The molecule has 1 atom stereocenters. The van der Waals surface area contributed by atoms with Gasteiger partial charge in [0.1, 0.15) is 5.82 Å². The Morgan fingerprint density at radius 2 is 1.84 bits per heavy atom. The summed E-state index contributed by atoms with van der Waals surface area (Å²) in [6.07, 6.45) is -3.56. The Kier molecular flexibility index (Phi) is 4.63. The minimum atomic E-state index is -4.49. The van der Waals surface area contributed by atoms with E-state index in [1.54, 1.807) is 4.90 Å². The average molecular weight is 377 g/mol. The predicted molar refractivity (Wildman–Crippen MR) is 84.2 cm³/mol. The van der Waals surface area contributed by atoms with Gasteiger partial charge in [-0.05, 0) is 6.07 Å². The summed E-state index contributed by atoms with van der Waals surface area (Å²) in [5, 5.41) is -0.0601. The fraction of sp³-hybridized carbons (Fsp3) is 0.533. The maximum Gasteiger partial charge on any atom is 0.417 e. The Morgan fingerprint density at radius 1 is 1.20 bits per heavy atom. The first-order valence-corrected chi connectivity index (χ1v) is 8.08. The highest BCUT2D eigenvalue weighted by atomic mass is 35.5. The molecule has 2 aliphatic rings. The number of pyridine rings is 1. The number of halogens is 4. The van der Waals surface area contributed by atoms with Crippen LogP contribution in [-0.4, -0.2) is 65.9 Å². The number of nitrogens with zero attached hydrogens (tertiary/aromatic N) is 4. The first-order chi connectivity index (χ1) is 11.7. The van der Waals surface area contributed by atoms with E-state index in [0.717, 1.165) is 17.2 Å². The van der Waals surface area contributed by atoms with Crippen molar-refractivity contribution in [3.8, 4) is 0 Å². The Labute approximate surface area is 147 Å². The van der Waals surface area contributed by atoms with Gasteiger partial charge in [0, 0.05) is 39.4 Å².